The number of para-hydroxylation sites is 1. The summed E-state index contributed by atoms with van der Waals surface area (Å²) in [5.74, 6) is 0. The SMILES string of the molecule is Cc1ccc(S(=O)(=O)Nc2c(C)cccc2C)c(C)c1. The first-order valence-electron chi connectivity index (χ1n) is 6.47. The number of benzene rings is 2. The molecule has 0 heterocycles. The Bertz CT molecular complexity index is 729. The summed E-state index contributed by atoms with van der Waals surface area (Å²) in [6.07, 6.45) is 0. The average Bonchev–Trinajstić information content (AvgIpc) is 2.33. The fourth-order valence-electron chi connectivity index (χ4n) is 2.27. The van der Waals surface area contributed by atoms with E-state index in [1.807, 2.05) is 58.0 Å². The summed E-state index contributed by atoms with van der Waals surface area (Å²) < 4.78 is 27.8. The van der Waals surface area contributed by atoms with Crippen LogP contribution in [0.15, 0.2) is 41.3 Å². The largest absolute Gasteiger partial charge is 0.279 e. The molecule has 0 aliphatic rings. The van der Waals surface area contributed by atoms with Gasteiger partial charge in [-0.1, -0.05) is 35.9 Å². The smallest absolute Gasteiger partial charge is 0.262 e. The van der Waals surface area contributed by atoms with Gasteiger partial charge in [0.15, 0.2) is 0 Å². The highest BCUT2D eigenvalue weighted by atomic mass is 32.2. The Kier molecular flexibility index (Phi) is 3.86. The molecule has 3 nitrogen and oxygen atoms in total. The van der Waals surface area contributed by atoms with Crippen molar-refractivity contribution in [3.8, 4) is 0 Å². The molecule has 0 aliphatic heterocycles. The maximum absolute atomic E-state index is 12.5. The molecule has 0 aromatic heterocycles. The van der Waals surface area contributed by atoms with Crippen molar-refractivity contribution >= 4 is 15.7 Å². The minimum Gasteiger partial charge on any atom is -0.279 e. The van der Waals surface area contributed by atoms with Crippen molar-refractivity contribution in [2.75, 3.05) is 4.72 Å². The highest BCUT2D eigenvalue weighted by Gasteiger charge is 2.18. The number of aryl methyl sites for hydroxylation is 4. The normalized spacial score (nSPS) is 11.4. The third kappa shape index (κ3) is 2.85. The summed E-state index contributed by atoms with van der Waals surface area (Å²) in [6, 6.07) is 11.0. The molecule has 1 N–H and O–H groups in total. The number of nitrogens with one attached hydrogen (secondary N) is 1. The molecule has 106 valence electrons. The van der Waals surface area contributed by atoms with Crippen LogP contribution in [0, 0.1) is 27.7 Å². The van der Waals surface area contributed by atoms with E-state index in [1.165, 1.54) is 0 Å². The highest BCUT2D eigenvalue weighted by molar-refractivity contribution is 7.92. The summed E-state index contributed by atoms with van der Waals surface area (Å²) in [4.78, 5) is 0.325. The number of anilines is 1. The summed E-state index contributed by atoms with van der Waals surface area (Å²) >= 11 is 0. The van der Waals surface area contributed by atoms with Gasteiger partial charge in [0.05, 0.1) is 10.6 Å². The molecule has 0 radical (unpaired) electrons. The number of sulfonamides is 1. The van der Waals surface area contributed by atoms with Crippen molar-refractivity contribution in [3.63, 3.8) is 0 Å². The van der Waals surface area contributed by atoms with E-state index in [2.05, 4.69) is 4.72 Å². The van der Waals surface area contributed by atoms with E-state index >= 15 is 0 Å². The second-order valence-electron chi connectivity index (χ2n) is 5.14. The van der Waals surface area contributed by atoms with Gasteiger partial charge in [0, 0.05) is 0 Å². The van der Waals surface area contributed by atoms with Crippen LogP contribution in [0.4, 0.5) is 5.69 Å². The molecule has 0 spiro atoms. The lowest BCUT2D eigenvalue weighted by Gasteiger charge is -2.14. The van der Waals surface area contributed by atoms with Crippen molar-refractivity contribution < 1.29 is 8.42 Å². The van der Waals surface area contributed by atoms with Gasteiger partial charge in [-0.15, -0.1) is 0 Å². The third-order valence-electron chi connectivity index (χ3n) is 3.34. The Balaban J connectivity index is 2.46. The summed E-state index contributed by atoms with van der Waals surface area (Å²) in [5, 5.41) is 0. The maximum atomic E-state index is 12.5. The Morgan fingerprint density at radius 2 is 1.45 bits per heavy atom. The maximum Gasteiger partial charge on any atom is 0.262 e. The van der Waals surface area contributed by atoms with Crippen LogP contribution in [0.3, 0.4) is 0 Å². The van der Waals surface area contributed by atoms with Crippen LogP contribution in [-0.4, -0.2) is 8.42 Å². The van der Waals surface area contributed by atoms with Gasteiger partial charge in [-0.25, -0.2) is 8.42 Å². The molecule has 0 fully saturated rings. The van der Waals surface area contributed by atoms with E-state index in [0.717, 1.165) is 22.3 Å². The molecule has 0 saturated heterocycles. The molecule has 0 atom stereocenters. The minimum absolute atomic E-state index is 0.325. The van der Waals surface area contributed by atoms with E-state index in [-0.39, 0.29) is 0 Å². The van der Waals surface area contributed by atoms with E-state index in [9.17, 15) is 8.42 Å². The van der Waals surface area contributed by atoms with E-state index in [0.29, 0.717) is 10.6 Å². The third-order valence-corrected chi connectivity index (χ3v) is 4.85. The van der Waals surface area contributed by atoms with Crippen molar-refractivity contribution in [1.82, 2.24) is 0 Å². The van der Waals surface area contributed by atoms with Crippen LogP contribution in [0.1, 0.15) is 22.3 Å². The molecule has 2 rings (SSSR count). The predicted molar refractivity (Wildman–Crippen MR) is 82.6 cm³/mol. The average molecular weight is 289 g/mol. The first kappa shape index (κ1) is 14.6. The Morgan fingerprint density at radius 3 is 2.00 bits per heavy atom. The monoisotopic (exact) mass is 289 g/mol. The predicted octanol–water partition coefficient (Wildman–Crippen LogP) is 3.72. The molecule has 2 aromatic carbocycles. The van der Waals surface area contributed by atoms with Gasteiger partial charge >= 0.3 is 0 Å². The first-order chi connectivity index (χ1) is 9.31. The van der Waals surface area contributed by atoms with Gasteiger partial charge in [-0.05, 0) is 50.5 Å². The summed E-state index contributed by atoms with van der Waals surface area (Å²) in [7, 11) is -3.56. The highest BCUT2D eigenvalue weighted by Crippen LogP contribution is 2.25. The lowest BCUT2D eigenvalue weighted by atomic mass is 10.1. The second kappa shape index (κ2) is 5.29. The quantitative estimate of drug-likeness (QED) is 0.936. The molecule has 0 saturated carbocycles. The molecule has 0 amide bonds. The van der Waals surface area contributed by atoms with Gasteiger partial charge in [0.1, 0.15) is 0 Å². The van der Waals surface area contributed by atoms with Gasteiger partial charge in [0.25, 0.3) is 10.0 Å². The Hall–Kier alpha value is -1.81. The fraction of sp³-hybridized carbons (Fsp3) is 0.250. The lowest BCUT2D eigenvalue weighted by molar-refractivity contribution is 0.600. The van der Waals surface area contributed by atoms with Crippen LogP contribution < -0.4 is 4.72 Å². The van der Waals surface area contributed by atoms with E-state index in [1.54, 1.807) is 6.07 Å². The number of rotatable bonds is 3. The lowest BCUT2D eigenvalue weighted by Crippen LogP contribution is -2.15. The van der Waals surface area contributed by atoms with Crippen LogP contribution in [-0.2, 0) is 10.0 Å². The molecule has 0 bridgehead atoms. The molecule has 0 aliphatic carbocycles. The zero-order chi connectivity index (χ0) is 14.9. The van der Waals surface area contributed by atoms with Crippen molar-refractivity contribution in [2.24, 2.45) is 0 Å². The zero-order valence-electron chi connectivity index (χ0n) is 12.2. The van der Waals surface area contributed by atoms with Crippen molar-refractivity contribution in [1.29, 1.82) is 0 Å². The molecule has 4 heteroatoms. The van der Waals surface area contributed by atoms with Crippen molar-refractivity contribution in [2.45, 2.75) is 32.6 Å². The van der Waals surface area contributed by atoms with Gasteiger partial charge in [0.2, 0.25) is 0 Å². The van der Waals surface area contributed by atoms with Crippen LogP contribution in [0.5, 0.6) is 0 Å². The van der Waals surface area contributed by atoms with Gasteiger partial charge in [-0.3, -0.25) is 4.72 Å². The number of hydrogen-bond acceptors (Lipinski definition) is 2. The van der Waals surface area contributed by atoms with Gasteiger partial charge in [-0.2, -0.15) is 0 Å². The zero-order valence-corrected chi connectivity index (χ0v) is 13.0. The molecule has 0 unspecified atom stereocenters. The van der Waals surface area contributed by atoms with Gasteiger partial charge < -0.3 is 0 Å². The summed E-state index contributed by atoms with van der Waals surface area (Å²) in [6.45, 7) is 7.55. The topological polar surface area (TPSA) is 46.2 Å². The minimum atomic E-state index is -3.56. The van der Waals surface area contributed by atoms with Crippen LogP contribution >= 0.6 is 0 Å². The molecule has 2 aromatic rings. The summed E-state index contributed by atoms with van der Waals surface area (Å²) in [5.41, 5.74) is 4.29. The first-order valence-corrected chi connectivity index (χ1v) is 7.96. The van der Waals surface area contributed by atoms with Crippen LogP contribution in [0.25, 0.3) is 0 Å². The van der Waals surface area contributed by atoms with E-state index < -0.39 is 10.0 Å². The van der Waals surface area contributed by atoms with Crippen molar-refractivity contribution in [3.05, 3.63) is 58.7 Å². The number of hydrogen-bond donors (Lipinski definition) is 1. The van der Waals surface area contributed by atoms with Crippen LogP contribution in [0.2, 0.25) is 0 Å². The Morgan fingerprint density at radius 1 is 0.850 bits per heavy atom. The molecule has 20 heavy (non-hydrogen) atoms. The fourth-order valence-corrected chi connectivity index (χ4v) is 3.70. The molecular weight excluding hydrogens is 270 g/mol. The molecular formula is C16H19NO2S. The Labute approximate surface area is 120 Å². The second-order valence-corrected chi connectivity index (χ2v) is 6.79. The van der Waals surface area contributed by atoms with E-state index in [4.69, 9.17) is 0 Å². The standard InChI is InChI=1S/C16H19NO2S/c1-11-8-9-15(14(4)10-11)20(18,19)17-16-12(2)6-5-7-13(16)3/h5-10,17H,1-4H3.